The quantitative estimate of drug-likeness (QED) is 0.320. The standard InChI is InChI=1S/C27H28ClN5O3/c28-23-17-22(20-3-5-21(6-4-20)27(35)33-14-11-30-12-15-33)7-8-24(23)36-16-13-31-26(34)10-2-19-1-9-25(29)32-18-19/h1-10,17-18,30H,11-16H2,(H2,29,32)(H,31,34). The highest BCUT2D eigenvalue weighted by Gasteiger charge is 2.17. The second-order valence-electron chi connectivity index (χ2n) is 8.25. The number of carbonyl (C=O) groups excluding carboxylic acids is 2. The Bertz CT molecular complexity index is 1220. The Morgan fingerprint density at radius 1 is 1.08 bits per heavy atom. The van der Waals surface area contributed by atoms with E-state index in [-0.39, 0.29) is 18.4 Å². The molecule has 1 aliphatic rings. The Morgan fingerprint density at radius 2 is 1.83 bits per heavy atom. The number of anilines is 1. The van der Waals surface area contributed by atoms with Gasteiger partial charge in [-0.05, 0) is 59.2 Å². The number of ether oxygens (including phenoxy) is 1. The van der Waals surface area contributed by atoms with Gasteiger partial charge in [-0.25, -0.2) is 4.98 Å². The lowest BCUT2D eigenvalue weighted by Crippen LogP contribution is -2.46. The van der Waals surface area contributed by atoms with E-state index in [9.17, 15) is 9.59 Å². The molecular weight excluding hydrogens is 478 g/mol. The largest absolute Gasteiger partial charge is 0.490 e. The third kappa shape index (κ3) is 6.84. The summed E-state index contributed by atoms with van der Waals surface area (Å²) in [7, 11) is 0. The zero-order valence-corrected chi connectivity index (χ0v) is 20.5. The lowest BCUT2D eigenvalue weighted by atomic mass is 10.0. The van der Waals surface area contributed by atoms with Crippen LogP contribution in [0.3, 0.4) is 0 Å². The summed E-state index contributed by atoms with van der Waals surface area (Å²) in [5, 5.41) is 6.48. The Labute approximate surface area is 215 Å². The Hall–Kier alpha value is -3.88. The van der Waals surface area contributed by atoms with Crippen LogP contribution in [0.2, 0.25) is 5.02 Å². The summed E-state index contributed by atoms with van der Waals surface area (Å²) < 4.78 is 5.72. The molecule has 186 valence electrons. The first kappa shape index (κ1) is 25.2. The first-order chi connectivity index (χ1) is 17.5. The van der Waals surface area contributed by atoms with Gasteiger partial charge in [0, 0.05) is 44.0 Å². The zero-order chi connectivity index (χ0) is 25.3. The van der Waals surface area contributed by atoms with Crippen LogP contribution in [0.4, 0.5) is 5.82 Å². The average Bonchev–Trinajstić information content (AvgIpc) is 2.91. The molecule has 0 atom stereocenters. The number of benzene rings is 2. The van der Waals surface area contributed by atoms with Crippen molar-refractivity contribution in [1.29, 1.82) is 0 Å². The average molecular weight is 506 g/mol. The highest BCUT2D eigenvalue weighted by atomic mass is 35.5. The van der Waals surface area contributed by atoms with Crippen molar-refractivity contribution >= 4 is 35.3 Å². The first-order valence-corrected chi connectivity index (χ1v) is 12.1. The van der Waals surface area contributed by atoms with E-state index >= 15 is 0 Å². The molecule has 0 saturated carbocycles. The monoisotopic (exact) mass is 505 g/mol. The van der Waals surface area contributed by atoms with Crippen molar-refractivity contribution in [3.05, 3.63) is 83.0 Å². The Balaban J connectivity index is 1.26. The minimum Gasteiger partial charge on any atom is -0.490 e. The molecule has 1 aliphatic heterocycles. The van der Waals surface area contributed by atoms with Crippen molar-refractivity contribution in [1.82, 2.24) is 20.5 Å². The number of nitrogens with two attached hydrogens (primary N) is 1. The number of nitrogens with zero attached hydrogens (tertiary/aromatic N) is 2. The number of piperazine rings is 1. The summed E-state index contributed by atoms with van der Waals surface area (Å²) in [5.41, 5.74) is 8.88. The zero-order valence-electron chi connectivity index (χ0n) is 19.7. The topological polar surface area (TPSA) is 110 Å². The molecule has 9 heteroatoms. The molecule has 0 unspecified atom stereocenters. The van der Waals surface area contributed by atoms with Crippen LogP contribution >= 0.6 is 11.6 Å². The molecule has 1 aromatic heterocycles. The van der Waals surface area contributed by atoms with Gasteiger partial charge in [0.1, 0.15) is 18.2 Å². The molecule has 3 aromatic rings. The SMILES string of the molecule is Nc1ccc(C=CC(=O)NCCOc2ccc(-c3ccc(C(=O)N4CCNCC4)cc3)cc2Cl)cn1. The van der Waals surface area contributed by atoms with Gasteiger partial charge in [0.15, 0.2) is 0 Å². The van der Waals surface area contributed by atoms with Gasteiger partial charge in [0.2, 0.25) is 5.91 Å². The van der Waals surface area contributed by atoms with Gasteiger partial charge in [-0.15, -0.1) is 0 Å². The Kier molecular flexibility index (Phi) is 8.54. The predicted octanol–water partition coefficient (Wildman–Crippen LogP) is 3.24. The fourth-order valence-corrected chi connectivity index (χ4v) is 3.97. The summed E-state index contributed by atoms with van der Waals surface area (Å²) >= 11 is 6.43. The van der Waals surface area contributed by atoms with Gasteiger partial charge in [-0.2, -0.15) is 0 Å². The smallest absolute Gasteiger partial charge is 0.253 e. The van der Waals surface area contributed by atoms with Crippen molar-refractivity contribution in [2.24, 2.45) is 0 Å². The van der Waals surface area contributed by atoms with E-state index in [1.165, 1.54) is 6.08 Å². The van der Waals surface area contributed by atoms with Crippen LogP contribution in [0.15, 0.2) is 66.9 Å². The van der Waals surface area contributed by atoms with Crippen LogP contribution in [-0.4, -0.2) is 61.0 Å². The van der Waals surface area contributed by atoms with E-state index in [0.29, 0.717) is 28.7 Å². The molecule has 8 nitrogen and oxygen atoms in total. The summed E-state index contributed by atoms with van der Waals surface area (Å²) in [6.45, 7) is 3.68. The van der Waals surface area contributed by atoms with Crippen LogP contribution < -0.4 is 21.1 Å². The number of rotatable bonds is 8. The fraction of sp³-hybridized carbons (Fsp3) is 0.222. The maximum atomic E-state index is 12.7. The van der Waals surface area contributed by atoms with Crippen molar-refractivity contribution < 1.29 is 14.3 Å². The molecular formula is C27H28ClN5O3. The van der Waals surface area contributed by atoms with Crippen LogP contribution in [-0.2, 0) is 4.79 Å². The second kappa shape index (κ2) is 12.2. The lowest BCUT2D eigenvalue weighted by molar-refractivity contribution is -0.116. The molecule has 2 amide bonds. The molecule has 36 heavy (non-hydrogen) atoms. The van der Waals surface area contributed by atoms with Crippen molar-refractivity contribution in [2.75, 3.05) is 45.1 Å². The number of hydrogen-bond acceptors (Lipinski definition) is 6. The maximum Gasteiger partial charge on any atom is 0.253 e. The molecule has 4 rings (SSSR count). The molecule has 1 fully saturated rings. The van der Waals surface area contributed by atoms with Crippen molar-refractivity contribution in [3.8, 4) is 16.9 Å². The van der Waals surface area contributed by atoms with E-state index < -0.39 is 0 Å². The summed E-state index contributed by atoms with van der Waals surface area (Å²) in [6, 6.07) is 16.5. The summed E-state index contributed by atoms with van der Waals surface area (Å²) in [6.07, 6.45) is 4.68. The van der Waals surface area contributed by atoms with Crippen molar-refractivity contribution in [2.45, 2.75) is 0 Å². The number of aromatic nitrogens is 1. The van der Waals surface area contributed by atoms with E-state index in [0.717, 1.165) is 42.9 Å². The number of halogens is 1. The van der Waals surface area contributed by atoms with Gasteiger partial charge >= 0.3 is 0 Å². The molecule has 0 radical (unpaired) electrons. The van der Waals surface area contributed by atoms with E-state index in [1.54, 1.807) is 30.5 Å². The van der Waals surface area contributed by atoms with Gasteiger partial charge in [-0.1, -0.05) is 29.8 Å². The molecule has 0 spiro atoms. The van der Waals surface area contributed by atoms with Crippen molar-refractivity contribution in [3.63, 3.8) is 0 Å². The number of amides is 2. The van der Waals surface area contributed by atoms with E-state index in [4.69, 9.17) is 22.1 Å². The van der Waals surface area contributed by atoms with Crippen LogP contribution in [0.1, 0.15) is 15.9 Å². The molecule has 1 saturated heterocycles. The van der Waals surface area contributed by atoms with E-state index in [1.807, 2.05) is 41.3 Å². The van der Waals surface area contributed by atoms with Gasteiger partial charge in [-0.3, -0.25) is 9.59 Å². The first-order valence-electron chi connectivity index (χ1n) is 11.7. The minimum absolute atomic E-state index is 0.0506. The van der Waals surface area contributed by atoms with E-state index in [2.05, 4.69) is 15.6 Å². The number of nitrogens with one attached hydrogen (secondary N) is 2. The molecule has 2 heterocycles. The predicted molar refractivity (Wildman–Crippen MR) is 142 cm³/mol. The van der Waals surface area contributed by atoms with Crippen LogP contribution in [0.25, 0.3) is 17.2 Å². The number of pyridine rings is 1. The number of carbonyl (C=O) groups is 2. The van der Waals surface area contributed by atoms with Gasteiger partial charge in [0.05, 0.1) is 11.6 Å². The molecule has 0 bridgehead atoms. The van der Waals surface area contributed by atoms with Crippen LogP contribution in [0.5, 0.6) is 5.75 Å². The second-order valence-corrected chi connectivity index (χ2v) is 8.66. The molecule has 0 aliphatic carbocycles. The van der Waals surface area contributed by atoms with Gasteiger partial charge < -0.3 is 26.0 Å². The maximum absolute atomic E-state index is 12.7. The number of hydrogen-bond donors (Lipinski definition) is 3. The summed E-state index contributed by atoms with van der Waals surface area (Å²) in [5.74, 6) is 0.769. The highest BCUT2D eigenvalue weighted by Crippen LogP contribution is 2.30. The minimum atomic E-state index is -0.240. The fourth-order valence-electron chi connectivity index (χ4n) is 3.73. The summed E-state index contributed by atoms with van der Waals surface area (Å²) in [4.78, 5) is 30.5. The normalized spacial score (nSPS) is 13.5. The molecule has 2 aromatic carbocycles. The highest BCUT2D eigenvalue weighted by molar-refractivity contribution is 6.32. The third-order valence-corrected chi connectivity index (χ3v) is 5.99. The third-order valence-electron chi connectivity index (χ3n) is 5.70. The lowest BCUT2D eigenvalue weighted by Gasteiger charge is -2.27. The Morgan fingerprint density at radius 3 is 2.53 bits per heavy atom. The van der Waals surface area contributed by atoms with Crippen LogP contribution in [0, 0.1) is 0 Å². The van der Waals surface area contributed by atoms with Gasteiger partial charge in [0.25, 0.3) is 5.91 Å². The molecule has 4 N–H and O–H groups in total. The number of nitrogen functional groups attached to an aromatic ring is 1.